The molecule has 0 aliphatic rings. The van der Waals surface area contributed by atoms with Crippen molar-refractivity contribution in [2.45, 2.75) is 40.7 Å². The maximum Gasteiger partial charge on any atom is 0.243 e. The molecular weight excluding hydrogens is 388 g/mol. The highest BCUT2D eigenvalue weighted by molar-refractivity contribution is 7.92. The maximum atomic E-state index is 12.6. The van der Waals surface area contributed by atoms with Crippen LogP contribution in [-0.2, 0) is 14.8 Å². The quantitative estimate of drug-likeness (QED) is 0.668. The van der Waals surface area contributed by atoms with Gasteiger partial charge in [0.25, 0.3) is 0 Å². The first kappa shape index (κ1) is 22.7. The van der Waals surface area contributed by atoms with Crippen LogP contribution in [-0.4, -0.2) is 39.8 Å². The Hall–Kier alpha value is -2.54. The summed E-state index contributed by atoms with van der Waals surface area (Å²) in [6.07, 6.45) is 1.11. The minimum atomic E-state index is -3.64. The Morgan fingerprint density at radius 3 is 1.93 bits per heavy atom. The summed E-state index contributed by atoms with van der Waals surface area (Å²) in [5.41, 5.74) is 4.56. The van der Waals surface area contributed by atoms with Gasteiger partial charge in [-0.25, -0.2) is 8.42 Å². The predicted molar refractivity (Wildman–Crippen MR) is 117 cm³/mol. The van der Waals surface area contributed by atoms with E-state index in [1.807, 2.05) is 45.9 Å². The predicted octanol–water partition coefficient (Wildman–Crippen LogP) is 3.27. The molecule has 0 spiro atoms. The molecule has 7 heteroatoms. The lowest BCUT2D eigenvalue weighted by atomic mass is 10.1. The van der Waals surface area contributed by atoms with E-state index in [4.69, 9.17) is 4.74 Å². The number of aryl methyl sites for hydroxylation is 4. The molecule has 158 valence electrons. The third kappa shape index (κ3) is 6.49. The molecule has 1 amide bonds. The van der Waals surface area contributed by atoms with E-state index >= 15 is 0 Å². The zero-order chi connectivity index (χ0) is 21.8. The van der Waals surface area contributed by atoms with E-state index in [1.165, 1.54) is 0 Å². The van der Waals surface area contributed by atoms with Crippen LogP contribution in [0.4, 0.5) is 5.69 Å². The molecule has 2 rings (SSSR count). The lowest BCUT2D eigenvalue weighted by Crippen LogP contribution is -2.48. The van der Waals surface area contributed by atoms with Gasteiger partial charge in [-0.15, -0.1) is 0 Å². The molecule has 2 aromatic rings. The minimum absolute atomic E-state index is 0.278. The normalized spacial score (nSPS) is 12.3. The minimum Gasteiger partial charge on any atom is -0.492 e. The topological polar surface area (TPSA) is 75.7 Å². The lowest BCUT2D eigenvalue weighted by Gasteiger charge is -2.28. The summed E-state index contributed by atoms with van der Waals surface area (Å²) in [6, 6.07) is 10.5. The van der Waals surface area contributed by atoms with E-state index in [2.05, 4.69) is 11.4 Å². The monoisotopic (exact) mass is 418 g/mol. The number of carbonyl (C=O) groups is 1. The molecule has 0 bridgehead atoms. The number of nitrogens with zero attached hydrogens (tertiary/aromatic N) is 1. The third-order valence-electron chi connectivity index (χ3n) is 4.41. The second-order valence-corrected chi connectivity index (χ2v) is 9.40. The first-order valence-corrected chi connectivity index (χ1v) is 11.4. The first-order valence-electron chi connectivity index (χ1n) is 9.54. The van der Waals surface area contributed by atoms with E-state index in [1.54, 1.807) is 19.1 Å². The van der Waals surface area contributed by atoms with Crippen LogP contribution in [0.1, 0.15) is 29.2 Å². The summed E-state index contributed by atoms with van der Waals surface area (Å²) >= 11 is 0. The molecule has 0 saturated heterocycles. The standard InChI is InChI=1S/C22H30N2O4S/c1-15-9-16(2)12-20(11-15)24(29(6,26)27)19(5)22(25)23-7-8-28-21-13-17(3)10-18(4)14-21/h9-14,19H,7-8H2,1-6H3,(H,23,25)/t19-/m0/s1. The number of nitrogens with one attached hydrogen (secondary N) is 1. The molecule has 0 radical (unpaired) electrons. The number of ether oxygens (including phenoxy) is 1. The van der Waals surface area contributed by atoms with Crippen LogP contribution in [0.15, 0.2) is 36.4 Å². The van der Waals surface area contributed by atoms with Gasteiger partial charge in [-0.1, -0.05) is 12.1 Å². The molecule has 0 aliphatic heterocycles. The number of benzene rings is 2. The van der Waals surface area contributed by atoms with Crippen molar-refractivity contribution in [3.8, 4) is 5.75 Å². The van der Waals surface area contributed by atoms with Crippen molar-refractivity contribution in [2.75, 3.05) is 23.7 Å². The van der Waals surface area contributed by atoms with Crippen molar-refractivity contribution in [1.82, 2.24) is 5.32 Å². The van der Waals surface area contributed by atoms with Crippen LogP contribution in [0, 0.1) is 27.7 Å². The number of hydrogen-bond acceptors (Lipinski definition) is 4. The van der Waals surface area contributed by atoms with Crippen LogP contribution in [0.25, 0.3) is 0 Å². The Morgan fingerprint density at radius 1 is 0.966 bits per heavy atom. The number of carbonyl (C=O) groups excluding carboxylic acids is 1. The molecule has 1 N–H and O–H groups in total. The van der Waals surface area contributed by atoms with Crippen molar-refractivity contribution >= 4 is 21.6 Å². The fraction of sp³-hybridized carbons (Fsp3) is 0.409. The summed E-state index contributed by atoms with van der Waals surface area (Å²) < 4.78 is 31.7. The van der Waals surface area contributed by atoms with E-state index in [0.717, 1.165) is 38.6 Å². The Balaban J connectivity index is 2.03. The number of sulfonamides is 1. The van der Waals surface area contributed by atoms with Crippen molar-refractivity contribution in [2.24, 2.45) is 0 Å². The summed E-state index contributed by atoms with van der Waals surface area (Å²) in [4.78, 5) is 12.6. The molecule has 0 heterocycles. The van der Waals surface area contributed by atoms with Crippen LogP contribution >= 0.6 is 0 Å². The summed E-state index contributed by atoms with van der Waals surface area (Å²) in [7, 11) is -3.64. The Bertz CT molecular complexity index is 946. The van der Waals surface area contributed by atoms with Crippen molar-refractivity contribution in [3.63, 3.8) is 0 Å². The smallest absolute Gasteiger partial charge is 0.243 e. The van der Waals surface area contributed by atoms with E-state index in [-0.39, 0.29) is 12.5 Å². The molecule has 29 heavy (non-hydrogen) atoms. The van der Waals surface area contributed by atoms with Gasteiger partial charge in [-0.05, 0) is 81.1 Å². The van der Waals surface area contributed by atoms with Gasteiger partial charge in [0.2, 0.25) is 15.9 Å². The zero-order valence-electron chi connectivity index (χ0n) is 17.9. The van der Waals surface area contributed by atoms with Gasteiger partial charge in [0, 0.05) is 0 Å². The van der Waals surface area contributed by atoms with Gasteiger partial charge in [-0.2, -0.15) is 0 Å². The van der Waals surface area contributed by atoms with Crippen molar-refractivity contribution < 1.29 is 17.9 Å². The number of hydrogen-bond donors (Lipinski definition) is 1. The van der Waals surface area contributed by atoms with E-state index in [9.17, 15) is 13.2 Å². The molecule has 0 aromatic heterocycles. The van der Waals surface area contributed by atoms with E-state index < -0.39 is 16.1 Å². The zero-order valence-corrected chi connectivity index (χ0v) is 18.8. The van der Waals surface area contributed by atoms with Crippen molar-refractivity contribution in [3.05, 3.63) is 58.7 Å². The fourth-order valence-corrected chi connectivity index (χ4v) is 4.55. The van der Waals surface area contributed by atoms with Gasteiger partial charge in [0.1, 0.15) is 18.4 Å². The van der Waals surface area contributed by atoms with Gasteiger partial charge < -0.3 is 10.1 Å². The van der Waals surface area contributed by atoms with Crippen LogP contribution in [0.2, 0.25) is 0 Å². The van der Waals surface area contributed by atoms with Crippen LogP contribution in [0.5, 0.6) is 5.75 Å². The molecule has 1 atom stereocenters. The molecule has 2 aromatic carbocycles. The molecule has 0 fully saturated rings. The number of rotatable bonds is 8. The van der Waals surface area contributed by atoms with Gasteiger partial charge >= 0.3 is 0 Å². The highest BCUT2D eigenvalue weighted by atomic mass is 32.2. The molecule has 6 nitrogen and oxygen atoms in total. The number of amides is 1. The first-order chi connectivity index (χ1) is 13.5. The Kier molecular flexibility index (Phi) is 7.30. The Morgan fingerprint density at radius 2 is 1.45 bits per heavy atom. The van der Waals surface area contributed by atoms with Crippen LogP contribution in [0.3, 0.4) is 0 Å². The summed E-state index contributed by atoms with van der Waals surface area (Å²) in [5.74, 6) is 0.372. The number of anilines is 1. The largest absolute Gasteiger partial charge is 0.492 e. The SMILES string of the molecule is Cc1cc(C)cc(OCCNC(=O)[C@H](C)N(c2cc(C)cc(C)c2)S(C)(=O)=O)c1. The summed E-state index contributed by atoms with van der Waals surface area (Å²) in [6.45, 7) is 9.94. The maximum absolute atomic E-state index is 12.6. The van der Waals surface area contributed by atoms with Gasteiger partial charge in [-0.3, -0.25) is 9.10 Å². The second-order valence-electron chi connectivity index (χ2n) is 7.54. The molecular formula is C22H30N2O4S. The molecule has 0 aliphatic carbocycles. The lowest BCUT2D eigenvalue weighted by molar-refractivity contribution is -0.121. The average Bonchev–Trinajstić information content (AvgIpc) is 2.55. The second kappa shape index (κ2) is 9.31. The Labute approximate surface area is 173 Å². The van der Waals surface area contributed by atoms with Crippen LogP contribution < -0.4 is 14.4 Å². The van der Waals surface area contributed by atoms with Crippen molar-refractivity contribution in [1.29, 1.82) is 0 Å². The summed E-state index contributed by atoms with van der Waals surface area (Å²) in [5, 5.41) is 2.76. The molecule has 0 saturated carbocycles. The fourth-order valence-electron chi connectivity index (χ4n) is 3.39. The highest BCUT2D eigenvalue weighted by Crippen LogP contribution is 2.24. The highest BCUT2D eigenvalue weighted by Gasteiger charge is 2.29. The van der Waals surface area contributed by atoms with E-state index in [0.29, 0.717) is 12.3 Å². The average molecular weight is 419 g/mol. The molecule has 0 unspecified atom stereocenters. The van der Waals surface area contributed by atoms with Gasteiger partial charge in [0.15, 0.2) is 0 Å². The third-order valence-corrected chi connectivity index (χ3v) is 5.66. The van der Waals surface area contributed by atoms with Gasteiger partial charge in [0.05, 0.1) is 18.5 Å².